The van der Waals surface area contributed by atoms with Gasteiger partial charge in [0.15, 0.2) is 11.6 Å². The number of hydrogen-bond donors (Lipinski definition) is 1. The molecule has 0 aliphatic carbocycles. The van der Waals surface area contributed by atoms with Gasteiger partial charge in [-0.25, -0.2) is 9.36 Å². The van der Waals surface area contributed by atoms with Crippen molar-refractivity contribution in [2.24, 2.45) is 10.8 Å². The van der Waals surface area contributed by atoms with E-state index in [9.17, 15) is 14.7 Å². The Bertz CT molecular complexity index is 1860. The number of hydrogen-bond acceptors (Lipinski definition) is 7. The number of Topliss-reactive ketones (excluding diaryl/α,β-unsaturated/α-hetero) is 2. The van der Waals surface area contributed by atoms with E-state index in [1.54, 1.807) is 33.6 Å². The van der Waals surface area contributed by atoms with Crippen LogP contribution in [-0.4, -0.2) is 46.7 Å². The lowest BCUT2D eigenvalue weighted by Crippen LogP contribution is -2.19. The molecule has 0 saturated heterocycles. The number of aromatic nitrogens is 6. The number of ketones is 2. The predicted molar refractivity (Wildman–Crippen MR) is 188 cm³/mol. The molecule has 244 valence electrons. The van der Waals surface area contributed by atoms with E-state index < -0.39 is 5.41 Å². The van der Waals surface area contributed by atoms with Crippen LogP contribution in [0.15, 0.2) is 109 Å². The Hall–Kier alpha value is -5.70. The molecule has 2 heterocycles. The van der Waals surface area contributed by atoms with Crippen LogP contribution in [0, 0.1) is 17.8 Å². The van der Waals surface area contributed by atoms with E-state index in [4.69, 9.17) is 0 Å². The third-order valence-corrected chi connectivity index (χ3v) is 7.65. The molecular weight excluding hydrogens is 600 g/mol. The minimum Gasteiger partial charge on any atom is -0.508 e. The van der Waals surface area contributed by atoms with Crippen LogP contribution >= 0.6 is 0 Å². The fourth-order valence-corrected chi connectivity index (χ4v) is 4.80. The van der Waals surface area contributed by atoms with Gasteiger partial charge in [-0.15, -0.1) is 10.2 Å². The Labute approximate surface area is 280 Å². The van der Waals surface area contributed by atoms with E-state index in [1.807, 2.05) is 127 Å². The fraction of sp³-hybridized carbons (Fsp3) is 0.231. The van der Waals surface area contributed by atoms with Crippen LogP contribution in [0.2, 0.25) is 0 Å². The monoisotopic (exact) mass is 640 g/mol. The molecule has 6 rings (SSSR count). The lowest BCUT2D eigenvalue weighted by molar-refractivity contribution is 0.0852. The predicted octanol–water partition coefficient (Wildman–Crippen LogP) is 8.34. The van der Waals surface area contributed by atoms with Crippen LogP contribution in [0.3, 0.4) is 0 Å². The molecule has 9 nitrogen and oxygen atoms in total. The molecule has 4 aromatic carbocycles. The molecule has 0 atom stereocenters. The molecule has 9 heteroatoms. The van der Waals surface area contributed by atoms with Crippen molar-refractivity contribution in [2.75, 3.05) is 0 Å². The molecule has 0 spiro atoms. The summed E-state index contributed by atoms with van der Waals surface area (Å²) in [5, 5.41) is 26.0. The molecule has 48 heavy (non-hydrogen) atoms. The maximum Gasteiger partial charge on any atom is 0.168 e. The maximum absolute atomic E-state index is 12.3. The second-order valence-electron chi connectivity index (χ2n) is 13.8. The van der Waals surface area contributed by atoms with Gasteiger partial charge in [0.1, 0.15) is 17.1 Å². The van der Waals surface area contributed by atoms with Gasteiger partial charge in [-0.05, 0) is 43.3 Å². The Morgan fingerprint density at radius 3 is 1.25 bits per heavy atom. The highest BCUT2D eigenvalue weighted by atomic mass is 16.3. The zero-order valence-corrected chi connectivity index (χ0v) is 28.3. The first-order valence-electron chi connectivity index (χ1n) is 15.7. The normalized spacial score (nSPS) is 11.5. The van der Waals surface area contributed by atoms with E-state index in [0.717, 1.165) is 39.5 Å². The number of benzene rings is 4. The lowest BCUT2D eigenvalue weighted by atomic mass is 9.86. The Kier molecular flexibility index (Phi) is 9.52. The molecular formula is C39H40N6O3. The number of nitrogens with zero attached hydrogens (tertiary/aromatic N) is 6. The summed E-state index contributed by atoms with van der Waals surface area (Å²) in [4.78, 5) is 24.6. The van der Waals surface area contributed by atoms with Crippen molar-refractivity contribution in [3.05, 3.63) is 126 Å². The molecule has 0 fully saturated rings. The molecule has 0 aliphatic heterocycles. The Morgan fingerprint density at radius 1 is 0.542 bits per heavy atom. The number of carbonyl (C=O) groups is 2. The third-order valence-electron chi connectivity index (χ3n) is 7.65. The van der Waals surface area contributed by atoms with Gasteiger partial charge >= 0.3 is 0 Å². The summed E-state index contributed by atoms with van der Waals surface area (Å²) >= 11 is 0. The highest BCUT2D eigenvalue weighted by molar-refractivity contribution is 6.00. The summed E-state index contributed by atoms with van der Waals surface area (Å²) in [6.07, 6.45) is 3.71. The van der Waals surface area contributed by atoms with Crippen LogP contribution in [-0.2, 0) is 0 Å². The molecule has 0 amide bonds. The van der Waals surface area contributed by atoms with E-state index in [2.05, 4.69) is 27.5 Å². The van der Waals surface area contributed by atoms with E-state index in [1.165, 1.54) is 5.56 Å². The molecule has 0 radical (unpaired) electrons. The number of aromatic hydroxyl groups is 1. The van der Waals surface area contributed by atoms with Gasteiger partial charge in [-0.2, -0.15) is 0 Å². The summed E-state index contributed by atoms with van der Waals surface area (Å²) in [5.41, 5.74) is 6.96. The van der Waals surface area contributed by atoms with Crippen molar-refractivity contribution < 1.29 is 14.7 Å². The summed E-state index contributed by atoms with van der Waals surface area (Å²) in [6, 6.07) is 29.8. The first-order chi connectivity index (χ1) is 22.7. The lowest BCUT2D eigenvalue weighted by Gasteiger charge is -2.16. The number of carbonyl (C=O) groups excluding carboxylic acids is 2. The highest BCUT2D eigenvalue weighted by Crippen LogP contribution is 2.25. The van der Waals surface area contributed by atoms with Gasteiger partial charge in [0.25, 0.3) is 0 Å². The van der Waals surface area contributed by atoms with Crippen molar-refractivity contribution in [3.63, 3.8) is 0 Å². The third kappa shape index (κ3) is 7.98. The SMILES string of the molecule is CC(C)(C)C(=O)c1ccc(-c2cn(-c3ccc(O)cc3)nn2)cc1.Cc1ccc(-n2cc(-c3ccc(C(=O)C(C)(C)C)cc3)nn2)cc1. The van der Waals surface area contributed by atoms with Gasteiger partial charge in [-0.3, -0.25) is 9.59 Å². The molecule has 2 aromatic heterocycles. The van der Waals surface area contributed by atoms with Gasteiger partial charge in [0, 0.05) is 33.1 Å². The van der Waals surface area contributed by atoms with Crippen LogP contribution in [0.25, 0.3) is 33.9 Å². The molecule has 0 saturated carbocycles. The number of rotatable bonds is 6. The van der Waals surface area contributed by atoms with Gasteiger partial charge in [-0.1, -0.05) is 118 Å². The number of aryl methyl sites for hydroxylation is 1. The first kappa shape index (κ1) is 33.7. The summed E-state index contributed by atoms with van der Waals surface area (Å²) < 4.78 is 3.39. The van der Waals surface area contributed by atoms with E-state index in [-0.39, 0.29) is 22.7 Å². The van der Waals surface area contributed by atoms with Gasteiger partial charge in [0.05, 0.1) is 23.8 Å². The quantitative estimate of drug-likeness (QED) is 0.182. The zero-order chi connectivity index (χ0) is 34.6. The highest BCUT2D eigenvalue weighted by Gasteiger charge is 2.23. The zero-order valence-electron chi connectivity index (χ0n) is 28.3. The standard InChI is InChI=1S/C20H21N3O.C19H19N3O2/c1-14-5-11-17(12-6-14)23-13-18(21-22-23)15-7-9-16(10-8-15)19(24)20(2,3)4;1-19(2,3)18(24)14-6-4-13(5-7-14)17-12-22(21-20-17)15-8-10-16(23)11-9-15/h5-13H,1-4H3;4-12,23H,1-3H3. The van der Waals surface area contributed by atoms with Gasteiger partial charge in [0.2, 0.25) is 0 Å². The second-order valence-corrected chi connectivity index (χ2v) is 13.8. The molecule has 0 bridgehead atoms. The molecule has 0 aliphatic rings. The number of phenolic OH excluding ortho intramolecular Hbond substituents is 1. The summed E-state index contributed by atoms with van der Waals surface area (Å²) in [5.74, 6) is 0.456. The van der Waals surface area contributed by atoms with E-state index >= 15 is 0 Å². The van der Waals surface area contributed by atoms with Crippen LogP contribution in [0.4, 0.5) is 0 Å². The molecule has 6 aromatic rings. The van der Waals surface area contributed by atoms with Crippen LogP contribution < -0.4 is 0 Å². The molecule has 1 N–H and O–H groups in total. The number of phenols is 1. The smallest absolute Gasteiger partial charge is 0.168 e. The molecule has 0 unspecified atom stereocenters. The van der Waals surface area contributed by atoms with Crippen molar-refractivity contribution >= 4 is 11.6 Å². The minimum absolute atomic E-state index is 0.113. The fourth-order valence-electron chi connectivity index (χ4n) is 4.80. The van der Waals surface area contributed by atoms with Crippen molar-refractivity contribution in [2.45, 2.75) is 48.5 Å². The van der Waals surface area contributed by atoms with Crippen LogP contribution in [0.5, 0.6) is 5.75 Å². The maximum atomic E-state index is 12.3. The summed E-state index contributed by atoms with van der Waals surface area (Å²) in [7, 11) is 0. The van der Waals surface area contributed by atoms with Crippen molar-refractivity contribution in [3.8, 4) is 39.6 Å². The Balaban J connectivity index is 0.000000188. The minimum atomic E-state index is -0.399. The van der Waals surface area contributed by atoms with Crippen LogP contribution in [0.1, 0.15) is 67.8 Å². The van der Waals surface area contributed by atoms with Crippen molar-refractivity contribution in [1.29, 1.82) is 0 Å². The van der Waals surface area contributed by atoms with Gasteiger partial charge < -0.3 is 5.11 Å². The largest absolute Gasteiger partial charge is 0.508 e. The second kappa shape index (κ2) is 13.6. The average Bonchev–Trinajstić information content (AvgIpc) is 3.76. The Morgan fingerprint density at radius 2 is 0.896 bits per heavy atom. The van der Waals surface area contributed by atoms with Crippen molar-refractivity contribution in [1.82, 2.24) is 30.0 Å². The first-order valence-corrected chi connectivity index (χ1v) is 15.7. The topological polar surface area (TPSA) is 116 Å². The summed E-state index contributed by atoms with van der Waals surface area (Å²) in [6.45, 7) is 13.6. The average molecular weight is 641 g/mol. The van der Waals surface area contributed by atoms with E-state index in [0.29, 0.717) is 5.56 Å².